The van der Waals surface area contributed by atoms with Crippen LogP contribution in [0.2, 0.25) is 0 Å². The second-order valence-electron chi connectivity index (χ2n) is 7.59. The molecular formula is C18H23N9O3. The van der Waals surface area contributed by atoms with Gasteiger partial charge in [0.2, 0.25) is 11.8 Å². The molecule has 12 heteroatoms. The fraction of sp³-hybridized carbons (Fsp3) is 0.500. The maximum atomic E-state index is 11.4. The molecule has 12 nitrogen and oxygen atoms in total. The van der Waals surface area contributed by atoms with Gasteiger partial charge < -0.3 is 14.8 Å². The highest BCUT2D eigenvalue weighted by Gasteiger charge is 2.26. The van der Waals surface area contributed by atoms with E-state index in [0.717, 1.165) is 32.2 Å². The number of rotatable bonds is 6. The Morgan fingerprint density at radius 3 is 2.97 bits per heavy atom. The molecule has 5 rings (SSSR count). The molecule has 0 bridgehead atoms. The molecule has 2 fully saturated rings. The van der Waals surface area contributed by atoms with E-state index >= 15 is 0 Å². The van der Waals surface area contributed by atoms with Gasteiger partial charge in [0.25, 0.3) is 5.62 Å². The third-order valence-electron chi connectivity index (χ3n) is 5.24. The third-order valence-corrected chi connectivity index (χ3v) is 5.24. The highest BCUT2D eigenvalue weighted by atomic mass is 16.5. The molecule has 3 aromatic heterocycles. The zero-order chi connectivity index (χ0) is 20.7. The SMILES string of the molecule is COC[C@@H]1CCCN1Nc1nc(=NC2CC2)n2nc/c(=C\c3[nH]c(=O)[nH]c3O)c2n1. The summed E-state index contributed by atoms with van der Waals surface area (Å²) in [4.78, 5) is 30.2. The van der Waals surface area contributed by atoms with Crippen LogP contribution in [0.3, 0.4) is 0 Å². The zero-order valence-corrected chi connectivity index (χ0v) is 16.5. The minimum atomic E-state index is -0.491. The van der Waals surface area contributed by atoms with E-state index in [1.165, 1.54) is 0 Å². The van der Waals surface area contributed by atoms with Crippen LogP contribution in [0, 0.1) is 0 Å². The molecule has 1 atom stereocenters. The number of nitrogens with one attached hydrogen (secondary N) is 3. The number of ether oxygens (including phenoxy) is 1. The Morgan fingerprint density at radius 1 is 1.37 bits per heavy atom. The van der Waals surface area contributed by atoms with Crippen LogP contribution in [-0.4, -0.2) is 72.0 Å². The molecule has 0 spiro atoms. The van der Waals surface area contributed by atoms with Crippen molar-refractivity contribution >= 4 is 17.7 Å². The zero-order valence-electron chi connectivity index (χ0n) is 16.5. The molecule has 4 heterocycles. The topological polar surface area (TPSA) is 149 Å². The minimum Gasteiger partial charge on any atom is -0.493 e. The molecule has 158 valence electrons. The summed E-state index contributed by atoms with van der Waals surface area (Å²) in [5.74, 6) is 0.181. The number of hydrogen-bond donors (Lipinski definition) is 4. The Hall–Kier alpha value is -3.25. The predicted octanol–water partition coefficient (Wildman–Crippen LogP) is -1.11. The number of hydrazine groups is 1. The number of aromatic hydroxyl groups is 1. The third kappa shape index (κ3) is 3.66. The predicted molar refractivity (Wildman–Crippen MR) is 106 cm³/mol. The summed E-state index contributed by atoms with van der Waals surface area (Å²) in [6, 6.07) is 0.502. The van der Waals surface area contributed by atoms with Gasteiger partial charge in [-0.2, -0.15) is 19.6 Å². The number of H-pyrrole nitrogens is 2. The van der Waals surface area contributed by atoms with Gasteiger partial charge in [0.05, 0.1) is 24.9 Å². The molecule has 2 aliphatic rings. The van der Waals surface area contributed by atoms with E-state index in [2.05, 4.69) is 40.5 Å². The lowest BCUT2D eigenvalue weighted by molar-refractivity contribution is 0.128. The van der Waals surface area contributed by atoms with Gasteiger partial charge in [-0.05, 0) is 31.8 Å². The summed E-state index contributed by atoms with van der Waals surface area (Å²) < 4.78 is 6.90. The van der Waals surface area contributed by atoms with E-state index < -0.39 is 5.69 Å². The summed E-state index contributed by atoms with van der Waals surface area (Å²) in [5.41, 5.74) is 4.06. The number of aromatic nitrogens is 6. The van der Waals surface area contributed by atoms with Crippen molar-refractivity contribution in [1.29, 1.82) is 0 Å². The van der Waals surface area contributed by atoms with Gasteiger partial charge in [0, 0.05) is 18.9 Å². The molecule has 1 saturated carbocycles. The van der Waals surface area contributed by atoms with Gasteiger partial charge >= 0.3 is 5.69 Å². The fourth-order valence-corrected chi connectivity index (χ4v) is 3.61. The number of imidazole rings is 1. The minimum absolute atomic E-state index is 0.242. The average molecular weight is 413 g/mol. The number of anilines is 1. The molecule has 0 unspecified atom stereocenters. The summed E-state index contributed by atoms with van der Waals surface area (Å²) in [6.45, 7) is 1.49. The van der Waals surface area contributed by atoms with Crippen LogP contribution in [0.1, 0.15) is 31.4 Å². The summed E-state index contributed by atoms with van der Waals surface area (Å²) in [5, 5.41) is 17.0. The first-order valence-electron chi connectivity index (χ1n) is 9.95. The first kappa shape index (κ1) is 18.8. The van der Waals surface area contributed by atoms with Crippen LogP contribution in [-0.2, 0) is 4.74 Å². The van der Waals surface area contributed by atoms with Crippen LogP contribution in [0.25, 0.3) is 11.7 Å². The lowest BCUT2D eigenvalue weighted by Gasteiger charge is -2.24. The van der Waals surface area contributed by atoms with Gasteiger partial charge in [0.15, 0.2) is 5.65 Å². The Labute approximate surface area is 170 Å². The number of hydrogen-bond acceptors (Lipinski definition) is 9. The van der Waals surface area contributed by atoms with Crippen LogP contribution >= 0.6 is 0 Å². The normalized spacial score (nSPS) is 21.2. The van der Waals surface area contributed by atoms with Crippen molar-refractivity contribution in [2.45, 2.75) is 37.8 Å². The van der Waals surface area contributed by atoms with E-state index in [4.69, 9.17) is 4.74 Å². The Bertz CT molecular complexity index is 1240. The number of nitrogens with zero attached hydrogens (tertiary/aromatic N) is 6. The number of methoxy groups -OCH3 is 1. The molecule has 4 N–H and O–H groups in total. The molecule has 1 aliphatic carbocycles. The van der Waals surface area contributed by atoms with Crippen molar-refractivity contribution in [3.05, 3.63) is 33.2 Å². The van der Waals surface area contributed by atoms with Crippen molar-refractivity contribution in [2.24, 2.45) is 4.99 Å². The summed E-state index contributed by atoms with van der Waals surface area (Å²) in [6.07, 6.45) is 7.39. The lowest BCUT2D eigenvalue weighted by atomic mass is 10.2. The van der Waals surface area contributed by atoms with Gasteiger partial charge in [-0.3, -0.25) is 10.4 Å². The second-order valence-corrected chi connectivity index (χ2v) is 7.59. The van der Waals surface area contributed by atoms with Crippen LogP contribution in [0.5, 0.6) is 5.88 Å². The van der Waals surface area contributed by atoms with E-state index in [1.807, 2.05) is 0 Å². The van der Waals surface area contributed by atoms with E-state index in [0.29, 0.717) is 29.0 Å². The Kier molecular flexibility index (Phi) is 4.71. The van der Waals surface area contributed by atoms with Crippen molar-refractivity contribution < 1.29 is 9.84 Å². The van der Waals surface area contributed by atoms with Gasteiger partial charge in [-0.15, -0.1) is 0 Å². The first-order chi connectivity index (χ1) is 14.6. The van der Waals surface area contributed by atoms with Gasteiger partial charge in [0.1, 0.15) is 5.69 Å². The molecule has 0 aromatic carbocycles. The monoisotopic (exact) mass is 413 g/mol. The van der Waals surface area contributed by atoms with Crippen molar-refractivity contribution in [2.75, 3.05) is 25.7 Å². The highest BCUT2D eigenvalue weighted by molar-refractivity contribution is 5.57. The molecule has 0 amide bonds. The molecule has 3 aromatic rings. The van der Waals surface area contributed by atoms with E-state index in [-0.39, 0.29) is 23.7 Å². The molecule has 0 radical (unpaired) electrons. The fourth-order valence-electron chi connectivity index (χ4n) is 3.61. The quantitative estimate of drug-likeness (QED) is 0.398. The van der Waals surface area contributed by atoms with Crippen LogP contribution in [0.15, 0.2) is 16.0 Å². The summed E-state index contributed by atoms with van der Waals surface area (Å²) in [7, 11) is 1.70. The second kappa shape index (κ2) is 7.54. The first-order valence-corrected chi connectivity index (χ1v) is 9.95. The van der Waals surface area contributed by atoms with Crippen molar-refractivity contribution in [3.8, 4) is 5.88 Å². The van der Waals surface area contributed by atoms with Crippen LogP contribution in [0.4, 0.5) is 5.95 Å². The van der Waals surface area contributed by atoms with E-state index in [9.17, 15) is 9.90 Å². The molecule has 30 heavy (non-hydrogen) atoms. The largest absolute Gasteiger partial charge is 0.493 e. The van der Waals surface area contributed by atoms with E-state index in [1.54, 1.807) is 23.9 Å². The van der Waals surface area contributed by atoms with Crippen molar-refractivity contribution in [3.63, 3.8) is 0 Å². The average Bonchev–Trinajstić information content (AvgIpc) is 3.12. The number of fused-ring (bicyclic) bond motifs is 1. The smallest absolute Gasteiger partial charge is 0.326 e. The van der Waals surface area contributed by atoms with Gasteiger partial charge in [-0.1, -0.05) is 0 Å². The molecule has 1 saturated heterocycles. The summed E-state index contributed by atoms with van der Waals surface area (Å²) >= 11 is 0. The molecular weight excluding hydrogens is 390 g/mol. The number of aromatic amines is 2. The standard InChI is InChI=1S/C18H23N9O3/c1-30-9-12-3-2-6-26(12)25-16-22-14-10(7-13-15(28)23-18(29)21-13)8-19-27(14)17(24-16)20-11-4-5-11/h7-8,11-12,28H,2-6,9H2,1H3,(H,20,24,25)(H2,21,23,29)/b10-7+/t12-/m0/s1. The Morgan fingerprint density at radius 2 is 2.23 bits per heavy atom. The van der Waals surface area contributed by atoms with Crippen LogP contribution < -0.4 is 22.0 Å². The highest BCUT2D eigenvalue weighted by Crippen LogP contribution is 2.22. The Balaban J connectivity index is 1.60. The lowest BCUT2D eigenvalue weighted by Crippen LogP contribution is -2.39. The maximum absolute atomic E-state index is 11.4. The maximum Gasteiger partial charge on any atom is 0.326 e. The van der Waals surface area contributed by atoms with Crippen molar-refractivity contribution in [1.82, 2.24) is 34.6 Å². The molecule has 1 aliphatic heterocycles. The van der Waals surface area contributed by atoms with Gasteiger partial charge in [-0.25, -0.2) is 14.8 Å².